The van der Waals surface area contributed by atoms with Gasteiger partial charge in [-0.2, -0.15) is 0 Å². The summed E-state index contributed by atoms with van der Waals surface area (Å²) in [5.74, 6) is -1.67. The summed E-state index contributed by atoms with van der Waals surface area (Å²) < 4.78 is 0. The van der Waals surface area contributed by atoms with E-state index in [1.807, 2.05) is 13.8 Å². The molecule has 0 amide bonds. The van der Waals surface area contributed by atoms with Gasteiger partial charge in [0.1, 0.15) is 5.76 Å². The van der Waals surface area contributed by atoms with E-state index in [0.29, 0.717) is 5.57 Å². The highest BCUT2D eigenvalue weighted by Gasteiger charge is 2.66. The summed E-state index contributed by atoms with van der Waals surface area (Å²) in [5.41, 5.74) is -2.31. The largest absolute Gasteiger partial charge is 0.511 e. The molecule has 0 aromatic rings. The van der Waals surface area contributed by atoms with E-state index < -0.39 is 22.4 Å². The third-order valence-electron chi connectivity index (χ3n) is 5.20. The maximum absolute atomic E-state index is 13.4. The van der Waals surface area contributed by atoms with Crippen LogP contribution >= 0.6 is 0 Å². The van der Waals surface area contributed by atoms with E-state index in [0.717, 1.165) is 0 Å². The number of fused-ring (bicyclic) bond motifs is 2. The van der Waals surface area contributed by atoms with Crippen molar-refractivity contribution in [3.8, 4) is 0 Å². The van der Waals surface area contributed by atoms with Crippen molar-refractivity contribution in [2.45, 2.75) is 46.0 Å². The van der Waals surface area contributed by atoms with E-state index in [-0.39, 0.29) is 55.1 Å². The maximum atomic E-state index is 13.4. The van der Waals surface area contributed by atoms with Gasteiger partial charge in [0.25, 0.3) is 0 Å². The summed E-state index contributed by atoms with van der Waals surface area (Å²) >= 11 is 0. The van der Waals surface area contributed by atoms with Crippen molar-refractivity contribution in [1.82, 2.24) is 0 Å². The lowest BCUT2D eigenvalue weighted by molar-refractivity contribution is -0.157. The Morgan fingerprint density at radius 2 is 1.88 bits per heavy atom. The summed E-state index contributed by atoms with van der Waals surface area (Å²) in [7, 11) is 0. The Balaban J connectivity index is 2.78. The van der Waals surface area contributed by atoms with Crippen LogP contribution in [-0.4, -0.2) is 22.5 Å². The van der Waals surface area contributed by atoms with Gasteiger partial charge >= 0.3 is 0 Å². The number of rotatable bonds is 7. The summed E-state index contributed by atoms with van der Waals surface area (Å²) in [6.45, 7) is 15.0. The van der Waals surface area contributed by atoms with Gasteiger partial charge in [0, 0.05) is 12.0 Å². The van der Waals surface area contributed by atoms with Crippen molar-refractivity contribution in [3.63, 3.8) is 0 Å². The quantitative estimate of drug-likeness (QED) is 0.560. The van der Waals surface area contributed by atoms with Crippen LogP contribution in [0.2, 0.25) is 0 Å². The van der Waals surface area contributed by atoms with E-state index >= 15 is 0 Å². The van der Waals surface area contributed by atoms with Crippen LogP contribution in [0, 0.1) is 16.7 Å². The second-order valence-electron chi connectivity index (χ2n) is 7.58. The smallest absolute Gasteiger partial charge is 0.183 e. The third-order valence-corrected chi connectivity index (χ3v) is 5.20. The predicted octanol–water partition coefficient (Wildman–Crippen LogP) is 4.04. The molecule has 2 atom stereocenters. The first-order chi connectivity index (χ1) is 11.7. The van der Waals surface area contributed by atoms with Gasteiger partial charge in [0.2, 0.25) is 0 Å². The van der Waals surface area contributed by atoms with Crippen molar-refractivity contribution in [2.24, 2.45) is 16.7 Å². The van der Waals surface area contributed by atoms with Crippen LogP contribution in [0.3, 0.4) is 0 Å². The maximum Gasteiger partial charge on any atom is 0.183 e. The number of carbonyl (C=O) groups is 3. The van der Waals surface area contributed by atoms with Crippen molar-refractivity contribution in [3.05, 3.63) is 48.8 Å². The average molecular weight is 342 g/mol. The number of hydrogen-bond donors (Lipinski definition) is 1. The van der Waals surface area contributed by atoms with Gasteiger partial charge in [-0.3, -0.25) is 14.4 Å². The fourth-order valence-electron chi connectivity index (χ4n) is 4.20. The molecular formula is C21H26O4. The predicted molar refractivity (Wildman–Crippen MR) is 97.0 cm³/mol. The molecule has 0 radical (unpaired) electrons. The molecule has 0 saturated heterocycles. The van der Waals surface area contributed by atoms with Gasteiger partial charge in [0.15, 0.2) is 22.8 Å². The van der Waals surface area contributed by atoms with E-state index in [4.69, 9.17) is 0 Å². The Bertz CT molecular complexity index is 709. The summed E-state index contributed by atoms with van der Waals surface area (Å²) in [6, 6.07) is 0. The average Bonchev–Trinajstić information content (AvgIpc) is 2.52. The number of aliphatic hydroxyl groups is 1. The molecule has 0 aromatic carbocycles. The van der Waals surface area contributed by atoms with E-state index in [1.54, 1.807) is 6.08 Å². The number of Topliss-reactive ketones (excluding diaryl/α,β-unsaturated/α-hetero) is 3. The molecule has 2 rings (SSSR count). The molecule has 2 aliphatic rings. The molecule has 0 spiro atoms. The molecule has 0 heterocycles. The lowest BCUT2D eigenvalue weighted by Crippen LogP contribution is -2.60. The van der Waals surface area contributed by atoms with Crippen molar-refractivity contribution < 1.29 is 19.5 Å². The Kier molecular flexibility index (Phi) is 5.03. The minimum Gasteiger partial charge on any atom is -0.511 e. The van der Waals surface area contributed by atoms with Crippen molar-refractivity contribution in [2.75, 3.05) is 0 Å². The van der Waals surface area contributed by atoms with Crippen LogP contribution in [0.5, 0.6) is 0 Å². The molecule has 4 heteroatoms. The number of hydrogen-bond acceptors (Lipinski definition) is 4. The lowest BCUT2D eigenvalue weighted by Gasteiger charge is -2.49. The molecule has 1 fully saturated rings. The van der Waals surface area contributed by atoms with E-state index in [9.17, 15) is 19.5 Å². The highest BCUT2D eigenvalue weighted by atomic mass is 16.3. The summed E-state index contributed by atoms with van der Waals surface area (Å²) in [6.07, 6.45) is 3.74. The Labute approximate surface area is 149 Å². The zero-order valence-electron chi connectivity index (χ0n) is 15.1. The first kappa shape index (κ1) is 19.1. The van der Waals surface area contributed by atoms with E-state index in [2.05, 4.69) is 19.7 Å². The van der Waals surface area contributed by atoms with Crippen LogP contribution in [-0.2, 0) is 14.4 Å². The Morgan fingerprint density at radius 3 is 2.40 bits per heavy atom. The molecule has 134 valence electrons. The zero-order valence-corrected chi connectivity index (χ0v) is 15.1. The highest BCUT2D eigenvalue weighted by molar-refractivity contribution is 6.33. The number of aliphatic hydroxyl groups excluding tert-OH is 1. The van der Waals surface area contributed by atoms with Crippen LogP contribution in [0.4, 0.5) is 0 Å². The van der Waals surface area contributed by atoms with Gasteiger partial charge in [-0.1, -0.05) is 38.2 Å². The van der Waals surface area contributed by atoms with Gasteiger partial charge in [-0.25, -0.2) is 0 Å². The monoisotopic (exact) mass is 342 g/mol. The molecular weight excluding hydrogens is 316 g/mol. The molecule has 2 bridgehead atoms. The second-order valence-corrected chi connectivity index (χ2v) is 7.58. The molecule has 2 aliphatic carbocycles. The minimum absolute atomic E-state index is 0.0221. The standard InChI is InChI=1S/C21H26O4/c1-6-8-15-17(23)20(9-7-2)11-14(5)12-21(18(15)24,19(20)25)16(22)10-13(3)4/h6-7,13,23H,1-2,5,8-12H2,3-4H3/t20-,21-/m0/s1. The van der Waals surface area contributed by atoms with Crippen molar-refractivity contribution >= 4 is 17.3 Å². The molecule has 0 aliphatic heterocycles. The molecule has 4 nitrogen and oxygen atoms in total. The first-order valence-corrected chi connectivity index (χ1v) is 8.61. The first-order valence-electron chi connectivity index (χ1n) is 8.61. The topological polar surface area (TPSA) is 71.4 Å². The normalized spacial score (nSPS) is 29.2. The fraction of sp³-hybridized carbons (Fsp3) is 0.476. The number of carbonyl (C=O) groups excluding carboxylic acids is 3. The Morgan fingerprint density at radius 1 is 1.24 bits per heavy atom. The SMILES string of the molecule is C=CCC1=C(O)[C@]2(CC=C)CC(=C)C[C@](C(=O)CC(C)C)(C1=O)C2=O. The third kappa shape index (κ3) is 2.64. The van der Waals surface area contributed by atoms with Crippen molar-refractivity contribution in [1.29, 1.82) is 0 Å². The fourth-order valence-corrected chi connectivity index (χ4v) is 4.20. The second kappa shape index (κ2) is 6.58. The highest BCUT2D eigenvalue weighted by Crippen LogP contribution is 2.57. The van der Waals surface area contributed by atoms with E-state index in [1.165, 1.54) is 6.08 Å². The van der Waals surface area contributed by atoms with Crippen LogP contribution in [0.1, 0.15) is 46.0 Å². The summed E-state index contributed by atoms with van der Waals surface area (Å²) in [5, 5.41) is 10.8. The van der Waals surface area contributed by atoms with Crippen LogP contribution in [0.25, 0.3) is 0 Å². The minimum atomic E-state index is -1.76. The molecule has 1 N–H and O–H groups in total. The van der Waals surface area contributed by atoms with Gasteiger partial charge in [0.05, 0.1) is 5.41 Å². The number of allylic oxidation sites excluding steroid dienone is 5. The summed E-state index contributed by atoms with van der Waals surface area (Å²) in [4.78, 5) is 39.7. The Hall–Kier alpha value is -2.23. The van der Waals surface area contributed by atoms with Crippen LogP contribution < -0.4 is 0 Å². The molecule has 25 heavy (non-hydrogen) atoms. The zero-order chi connectivity index (χ0) is 19.0. The molecule has 1 saturated carbocycles. The van der Waals surface area contributed by atoms with Gasteiger partial charge in [-0.15, -0.1) is 13.2 Å². The lowest BCUT2D eigenvalue weighted by atomic mass is 9.49. The molecule has 0 aromatic heterocycles. The van der Waals surface area contributed by atoms with Gasteiger partial charge in [-0.05, 0) is 31.6 Å². The van der Waals surface area contributed by atoms with Gasteiger partial charge < -0.3 is 5.11 Å². The van der Waals surface area contributed by atoms with Crippen LogP contribution in [0.15, 0.2) is 48.8 Å². The molecule has 0 unspecified atom stereocenters. The number of ketones is 3.